The number of anilines is 1. The summed E-state index contributed by atoms with van der Waals surface area (Å²) >= 11 is 0. The van der Waals surface area contributed by atoms with Crippen LogP contribution in [0, 0.1) is 0 Å². The number of nitrogen functional groups attached to an aromatic ring is 1. The molecule has 0 spiro atoms. The van der Waals surface area contributed by atoms with Crippen molar-refractivity contribution in [2.24, 2.45) is 0 Å². The molecular weight excluding hydrogens is 250 g/mol. The van der Waals surface area contributed by atoms with Crippen LogP contribution in [0.1, 0.15) is 30.5 Å². The van der Waals surface area contributed by atoms with Crippen molar-refractivity contribution in [2.75, 3.05) is 5.73 Å². The molecule has 104 valence electrons. The molecular formula is C16H19N3O. The van der Waals surface area contributed by atoms with Crippen LogP contribution in [-0.4, -0.2) is 10.9 Å². The molecule has 1 aromatic carbocycles. The van der Waals surface area contributed by atoms with Crippen LogP contribution in [0.4, 0.5) is 5.69 Å². The topological polar surface area (TPSA) is 68.0 Å². The third kappa shape index (κ3) is 4.09. The SMILES string of the molecule is C[C@H](NC(=O)CCc1ccc(N)cc1)c1ccncc1. The first-order chi connectivity index (χ1) is 9.65. The number of carbonyl (C=O) groups is 1. The summed E-state index contributed by atoms with van der Waals surface area (Å²) in [5.41, 5.74) is 8.54. The molecule has 1 aromatic heterocycles. The normalized spacial score (nSPS) is 11.8. The maximum Gasteiger partial charge on any atom is 0.220 e. The molecule has 0 aliphatic rings. The molecule has 2 rings (SSSR count). The van der Waals surface area contributed by atoms with E-state index < -0.39 is 0 Å². The van der Waals surface area contributed by atoms with E-state index in [1.54, 1.807) is 12.4 Å². The number of pyridine rings is 1. The van der Waals surface area contributed by atoms with Gasteiger partial charge >= 0.3 is 0 Å². The van der Waals surface area contributed by atoms with Crippen molar-refractivity contribution in [3.63, 3.8) is 0 Å². The van der Waals surface area contributed by atoms with Crippen molar-refractivity contribution in [1.82, 2.24) is 10.3 Å². The third-order valence-corrected chi connectivity index (χ3v) is 3.20. The minimum absolute atomic E-state index is 0.00285. The summed E-state index contributed by atoms with van der Waals surface area (Å²) < 4.78 is 0. The van der Waals surface area contributed by atoms with Crippen LogP contribution < -0.4 is 11.1 Å². The first kappa shape index (κ1) is 14.1. The number of aromatic nitrogens is 1. The van der Waals surface area contributed by atoms with E-state index in [4.69, 9.17) is 5.73 Å². The number of nitrogens with zero attached hydrogens (tertiary/aromatic N) is 1. The van der Waals surface area contributed by atoms with Crippen LogP contribution >= 0.6 is 0 Å². The van der Waals surface area contributed by atoms with Crippen LogP contribution in [-0.2, 0) is 11.2 Å². The van der Waals surface area contributed by atoms with Gasteiger partial charge in [-0.25, -0.2) is 0 Å². The highest BCUT2D eigenvalue weighted by molar-refractivity contribution is 5.76. The Morgan fingerprint density at radius 3 is 2.50 bits per heavy atom. The summed E-state index contributed by atoms with van der Waals surface area (Å²) in [5.74, 6) is 0.0473. The molecule has 1 heterocycles. The zero-order chi connectivity index (χ0) is 14.4. The van der Waals surface area contributed by atoms with E-state index in [0.717, 1.165) is 23.2 Å². The molecule has 0 bridgehead atoms. The molecule has 20 heavy (non-hydrogen) atoms. The minimum Gasteiger partial charge on any atom is -0.399 e. The summed E-state index contributed by atoms with van der Waals surface area (Å²) in [6.07, 6.45) is 4.65. The lowest BCUT2D eigenvalue weighted by atomic mass is 10.1. The second-order valence-corrected chi connectivity index (χ2v) is 4.81. The van der Waals surface area contributed by atoms with Crippen molar-refractivity contribution in [3.05, 3.63) is 59.9 Å². The van der Waals surface area contributed by atoms with Crippen molar-refractivity contribution in [2.45, 2.75) is 25.8 Å². The van der Waals surface area contributed by atoms with Crippen LogP contribution in [0.15, 0.2) is 48.8 Å². The van der Waals surface area contributed by atoms with Crippen LogP contribution in [0.5, 0.6) is 0 Å². The van der Waals surface area contributed by atoms with Crippen molar-refractivity contribution >= 4 is 11.6 Å². The van der Waals surface area contributed by atoms with E-state index in [1.165, 1.54) is 0 Å². The van der Waals surface area contributed by atoms with Gasteiger partial charge in [-0.3, -0.25) is 9.78 Å². The Balaban J connectivity index is 1.82. The third-order valence-electron chi connectivity index (χ3n) is 3.20. The van der Waals surface area contributed by atoms with E-state index >= 15 is 0 Å². The summed E-state index contributed by atoms with van der Waals surface area (Å²) in [4.78, 5) is 15.9. The molecule has 0 aliphatic carbocycles. The number of nitrogens with two attached hydrogens (primary N) is 1. The van der Waals surface area contributed by atoms with E-state index in [1.807, 2.05) is 43.3 Å². The molecule has 0 saturated carbocycles. The lowest BCUT2D eigenvalue weighted by Crippen LogP contribution is -2.26. The molecule has 4 nitrogen and oxygen atoms in total. The molecule has 0 fully saturated rings. The first-order valence-corrected chi connectivity index (χ1v) is 6.69. The fraction of sp³-hybridized carbons (Fsp3) is 0.250. The number of hydrogen-bond acceptors (Lipinski definition) is 3. The number of nitrogens with one attached hydrogen (secondary N) is 1. The highest BCUT2D eigenvalue weighted by Crippen LogP contribution is 2.11. The minimum atomic E-state index is -0.00285. The Morgan fingerprint density at radius 2 is 1.85 bits per heavy atom. The smallest absolute Gasteiger partial charge is 0.220 e. The Labute approximate surface area is 119 Å². The van der Waals surface area contributed by atoms with Crippen LogP contribution in [0.25, 0.3) is 0 Å². The second-order valence-electron chi connectivity index (χ2n) is 4.81. The largest absolute Gasteiger partial charge is 0.399 e. The number of amides is 1. The molecule has 2 aromatic rings. The van der Waals surface area contributed by atoms with Gasteiger partial charge in [0.1, 0.15) is 0 Å². The molecule has 4 heteroatoms. The zero-order valence-electron chi connectivity index (χ0n) is 11.5. The molecule has 1 amide bonds. The molecule has 0 unspecified atom stereocenters. The summed E-state index contributed by atoms with van der Waals surface area (Å²) in [6.45, 7) is 1.97. The molecule has 1 atom stereocenters. The summed E-state index contributed by atoms with van der Waals surface area (Å²) in [5, 5.41) is 2.99. The Hall–Kier alpha value is -2.36. The summed E-state index contributed by atoms with van der Waals surface area (Å²) in [7, 11) is 0. The van der Waals surface area contributed by atoms with Gasteiger partial charge in [0.05, 0.1) is 6.04 Å². The Bertz CT molecular complexity index is 552. The standard InChI is InChI=1S/C16H19N3O/c1-12(14-8-10-18-11-9-14)19-16(20)7-4-13-2-5-15(17)6-3-13/h2-3,5-6,8-12H,4,7,17H2,1H3,(H,19,20)/t12-/m0/s1. The number of benzene rings is 1. The highest BCUT2D eigenvalue weighted by atomic mass is 16.1. The van der Waals surface area contributed by atoms with Gasteiger partial charge in [0.25, 0.3) is 0 Å². The fourth-order valence-electron chi connectivity index (χ4n) is 1.99. The van der Waals surface area contributed by atoms with Crippen molar-refractivity contribution in [3.8, 4) is 0 Å². The number of rotatable bonds is 5. The average Bonchev–Trinajstić information content (AvgIpc) is 2.47. The lowest BCUT2D eigenvalue weighted by molar-refractivity contribution is -0.121. The van der Waals surface area contributed by atoms with Crippen molar-refractivity contribution in [1.29, 1.82) is 0 Å². The van der Waals surface area contributed by atoms with Gasteiger partial charge in [-0.1, -0.05) is 12.1 Å². The van der Waals surface area contributed by atoms with Gasteiger partial charge in [0.2, 0.25) is 5.91 Å². The summed E-state index contributed by atoms with van der Waals surface area (Å²) in [6, 6.07) is 11.4. The molecule has 0 aliphatic heterocycles. The van der Waals surface area contributed by atoms with Gasteiger partial charge in [-0.2, -0.15) is 0 Å². The fourth-order valence-corrected chi connectivity index (χ4v) is 1.99. The maximum atomic E-state index is 11.9. The zero-order valence-corrected chi connectivity index (χ0v) is 11.5. The van der Waals surface area contributed by atoms with Gasteiger partial charge < -0.3 is 11.1 Å². The predicted molar refractivity (Wildman–Crippen MR) is 80.0 cm³/mol. The van der Waals surface area contributed by atoms with Gasteiger partial charge in [-0.05, 0) is 48.7 Å². The lowest BCUT2D eigenvalue weighted by Gasteiger charge is -2.14. The molecule has 3 N–H and O–H groups in total. The van der Waals surface area contributed by atoms with E-state index in [-0.39, 0.29) is 11.9 Å². The Kier molecular flexibility index (Phi) is 4.71. The average molecular weight is 269 g/mol. The first-order valence-electron chi connectivity index (χ1n) is 6.69. The maximum absolute atomic E-state index is 11.9. The second kappa shape index (κ2) is 6.70. The van der Waals surface area contributed by atoms with E-state index in [2.05, 4.69) is 10.3 Å². The van der Waals surface area contributed by atoms with E-state index in [9.17, 15) is 4.79 Å². The van der Waals surface area contributed by atoms with Crippen LogP contribution in [0.3, 0.4) is 0 Å². The van der Waals surface area contributed by atoms with Crippen molar-refractivity contribution < 1.29 is 4.79 Å². The van der Waals surface area contributed by atoms with E-state index in [0.29, 0.717) is 6.42 Å². The van der Waals surface area contributed by atoms with Gasteiger partial charge in [-0.15, -0.1) is 0 Å². The van der Waals surface area contributed by atoms with Gasteiger partial charge in [0, 0.05) is 24.5 Å². The number of carbonyl (C=O) groups excluding carboxylic acids is 1. The Morgan fingerprint density at radius 1 is 1.20 bits per heavy atom. The predicted octanol–water partition coefficient (Wildman–Crippen LogP) is 2.47. The number of aryl methyl sites for hydroxylation is 1. The highest BCUT2D eigenvalue weighted by Gasteiger charge is 2.09. The van der Waals surface area contributed by atoms with Gasteiger partial charge in [0.15, 0.2) is 0 Å². The molecule has 0 saturated heterocycles. The quantitative estimate of drug-likeness (QED) is 0.819. The number of hydrogen-bond donors (Lipinski definition) is 2. The molecule has 0 radical (unpaired) electrons. The monoisotopic (exact) mass is 269 g/mol. The van der Waals surface area contributed by atoms with Crippen LogP contribution in [0.2, 0.25) is 0 Å².